The summed E-state index contributed by atoms with van der Waals surface area (Å²) in [6.07, 6.45) is 2.82. The molecule has 0 aliphatic heterocycles. The number of thiophene rings is 1. The quantitative estimate of drug-likeness (QED) is 0.438. The molecule has 0 aliphatic rings. The fourth-order valence-corrected chi connectivity index (χ4v) is 4.11. The van der Waals surface area contributed by atoms with Crippen LogP contribution in [-0.2, 0) is 17.8 Å². The van der Waals surface area contributed by atoms with Crippen LogP contribution in [0.2, 0.25) is 0 Å². The number of carbonyl (C=O) groups is 1. The van der Waals surface area contributed by atoms with Crippen molar-refractivity contribution in [2.24, 2.45) is 0 Å². The number of hydrogen-bond donors (Lipinski definition) is 1. The van der Waals surface area contributed by atoms with Crippen molar-refractivity contribution in [3.63, 3.8) is 0 Å². The Morgan fingerprint density at radius 1 is 1.33 bits per heavy atom. The number of hydrogen-bond acceptors (Lipinski definition) is 5. The lowest BCUT2D eigenvalue weighted by atomic mass is 10.2. The molecule has 0 saturated carbocycles. The van der Waals surface area contributed by atoms with E-state index in [-0.39, 0.29) is 11.7 Å². The van der Waals surface area contributed by atoms with Crippen LogP contribution in [0.4, 0.5) is 5.69 Å². The Balaban J connectivity index is 1.69. The fourth-order valence-electron chi connectivity index (χ4n) is 2.55. The third-order valence-electron chi connectivity index (χ3n) is 3.96. The molecule has 2 aromatic heterocycles. The largest absolute Gasteiger partial charge is 0.325 e. The molecule has 5 nitrogen and oxygen atoms in total. The Bertz CT molecular complexity index is 928. The van der Waals surface area contributed by atoms with E-state index < -0.39 is 0 Å². The van der Waals surface area contributed by atoms with Gasteiger partial charge in [0.2, 0.25) is 5.91 Å². The number of anilines is 1. The van der Waals surface area contributed by atoms with Gasteiger partial charge in [-0.3, -0.25) is 9.36 Å². The maximum Gasteiger partial charge on any atom is 0.234 e. The van der Waals surface area contributed by atoms with Gasteiger partial charge in [-0.25, -0.2) is 0 Å². The molecular weight excluding hydrogens is 376 g/mol. The topological polar surface area (TPSA) is 59.8 Å². The first-order chi connectivity index (χ1) is 13.1. The van der Waals surface area contributed by atoms with Crippen LogP contribution in [0, 0.1) is 6.92 Å². The second-order valence-electron chi connectivity index (χ2n) is 6.06. The van der Waals surface area contributed by atoms with Crippen LogP contribution >= 0.6 is 23.1 Å². The van der Waals surface area contributed by atoms with Gasteiger partial charge in [0.15, 0.2) is 11.0 Å². The van der Waals surface area contributed by atoms with Crippen LogP contribution in [0.1, 0.15) is 17.4 Å². The minimum absolute atomic E-state index is 0.0673. The summed E-state index contributed by atoms with van der Waals surface area (Å²) in [6.45, 7) is 8.58. The molecule has 0 atom stereocenters. The van der Waals surface area contributed by atoms with E-state index >= 15 is 0 Å². The lowest BCUT2D eigenvalue weighted by Gasteiger charge is -2.07. The summed E-state index contributed by atoms with van der Waals surface area (Å²) in [6, 6.07) is 9.89. The maximum atomic E-state index is 12.3. The van der Waals surface area contributed by atoms with Gasteiger partial charge in [0.1, 0.15) is 0 Å². The normalized spacial score (nSPS) is 10.7. The van der Waals surface area contributed by atoms with Crippen molar-refractivity contribution in [3.8, 4) is 11.4 Å². The number of rotatable bonds is 8. The minimum atomic E-state index is -0.0673. The zero-order valence-electron chi connectivity index (χ0n) is 15.4. The highest BCUT2D eigenvalue weighted by Gasteiger charge is 2.16. The molecule has 3 aromatic rings. The first-order valence-electron chi connectivity index (χ1n) is 8.72. The Hall–Kier alpha value is -2.38. The van der Waals surface area contributed by atoms with Gasteiger partial charge in [-0.1, -0.05) is 42.5 Å². The maximum absolute atomic E-state index is 12.3. The van der Waals surface area contributed by atoms with E-state index in [1.54, 1.807) is 11.3 Å². The van der Waals surface area contributed by atoms with Gasteiger partial charge in [0, 0.05) is 28.1 Å². The summed E-state index contributed by atoms with van der Waals surface area (Å²) in [5.74, 6) is 1.02. The Labute approximate surface area is 167 Å². The molecule has 1 aromatic carbocycles. The molecule has 0 bridgehead atoms. The molecule has 1 amide bonds. The summed E-state index contributed by atoms with van der Waals surface area (Å²) in [7, 11) is 0. The number of benzene rings is 1. The number of nitrogens with one attached hydrogen (secondary N) is 1. The third-order valence-corrected chi connectivity index (χ3v) is 6.00. The standard InChI is InChI=1S/C20H22N4OS2/c1-4-10-24-19(15-11-17(5-2)26-12-15)22-23-20(24)27-13-18(25)21-16-8-6-14(3)7-9-16/h4,6-9,11-12H,1,5,10,13H2,2-3H3,(H,21,25). The first kappa shape index (κ1) is 19.4. The lowest BCUT2D eigenvalue weighted by Crippen LogP contribution is -2.14. The van der Waals surface area contributed by atoms with E-state index in [1.807, 2.05) is 41.8 Å². The zero-order valence-corrected chi connectivity index (χ0v) is 17.1. The van der Waals surface area contributed by atoms with E-state index in [0.717, 1.165) is 29.1 Å². The van der Waals surface area contributed by atoms with Crippen LogP contribution < -0.4 is 5.32 Å². The zero-order chi connectivity index (χ0) is 19.2. The second-order valence-corrected chi connectivity index (χ2v) is 8.00. The molecular formula is C20H22N4OS2. The number of aromatic nitrogens is 3. The molecule has 7 heteroatoms. The first-order valence-corrected chi connectivity index (χ1v) is 10.6. The number of amides is 1. The van der Waals surface area contributed by atoms with E-state index in [1.165, 1.54) is 16.6 Å². The van der Waals surface area contributed by atoms with Gasteiger partial charge in [-0.15, -0.1) is 28.1 Å². The molecule has 1 N–H and O–H groups in total. The SMILES string of the molecule is C=CCn1c(SCC(=O)Nc2ccc(C)cc2)nnc1-c1csc(CC)c1. The van der Waals surface area contributed by atoms with E-state index in [0.29, 0.717) is 11.7 Å². The third kappa shape index (κ3) is 4.87. The Kier molecular flexibility index (Phi) is 6.47. The molecule has 0 aliphatic carbocycles. The van der Waals surface area contributed by atoms with Gasteiger partial charge < -0.3 is 5.32 Å². The van der Waals surface area contributed by atoms with Crippen molar-refractivity contribution in [2.45, 2.75) is 32.0 Å². The average Bonchev–Trinajstić information content (AvgIpc) is 3.29. The van der Waals surface area contributed by atoms with Crippen LogP contribution in [-0.4, -0.2) is 26.4 Å². The van der Waals surface area contributed by atoms with E-state index in [9.17, 15) is 4.79 Å². The predicted molar refractivity (Wildman–Crippen MR) is 113 cm³/mol. The van der Waals surface area contributed by atoms with Gasteiger partial charge in [-0.05, 0) is 31.5 Å². The Morgan fingerprint density at radius 3 is 2.78 bits per heavy atom. The molecule has 0 unspecified atom stereocenters. The fraction of sp³-hybridized carbons (Fsp3) is 0.250. The monoisotopic (exact) mass is 398 g/mol. The highest BCUT2D eigenvalue weighted by atomic mass is 32.2. The van der Waals surface area contributed by atoms with Crippen molar-refractivity contribution in [1.29, 1.82) is 0 Å². The van der Waals surface area contributed by atoms with Crippen molar-refractivity contribution >= 4 is 34.7 Å². The highest BCUT2D eigenvalue weighted by molar-refractivity contribution is 7.99. The molecule has 0 fully saturated rings. The van der Waals surface area contributed by atoms with E-state index in [4.69, 9.17) is 0 Å². The predicted octanol–water partition coefficient (Wildman–Crippen LogP) is 4.79. The van der Waals surface area contributed by atoms with Crippen LogP contribution in [0.3, 0.4) is 0 Å². The molecule has 3 rings (SSSR count). The Morgan fingerprint density at radius 2 is 2.11 bits per heavy atom. The smallest absolute Gasteiger partial charge is 0.234 e. The summed E-state index contributed by atoms with van der Waals surface area (Å²) in [5.41, 5.74) is 3.01. The van der Waals surface area contributed by atoms with Gasteiger partial charge in [0.25, 0.3) is 0 Å². The minimum Gasteiger partial charge on any atom is -0.325 e. The van der Waals surface area contributed by atoms with Crippen molar-refractivity contribution in [2.75, 3.05) is 11.1 Å². The van der Waals surface area contributed by atoms with Crippen LogP contribution in [0.5, 0.6) is 0 Å². The number of aryl methyl sites for hydroxylation is 2. The number of allylic oxidation sites excluding steroid dienone is 1. The molecule has 140 valence electrons. The van der Waals surface area contributed by atoms with Crippen LogP contribution in [0.15, 0.2) is 53.5 Å². The average molecular weight is 399 g/mol. The number of nitrogens with zero attached hydrogens (tertiary/aromatic N) is 3. The highest BCUT2D eigenvalue weighted by Crippen LogP contribution is 2.28. The van der Waals surface area contributed by atoms with Crippen LogP contribution in [0.25, 0.3) is 11.4 Å². The van der Waals surface area contributed by atoms with Gasteiger partial charge in [0.05, 0.1) is 5.75 Å². The molecule has 0 saturated heterocycles. The van der Waals surface area contributed by atoms with Crippen molar-refractivity contribution in [1.82, 2.24) is 14.8 Å². The molecule has 2 heterocycles. The summed E-state index contributed by atoms with van der Waals surface area (Å²) in [4.78, 5) is 13.6. The van der Waals surface area contributed by atoms with Crippen molar-refractivity contribution in [3.05, 3.63) is 58.8 Å². The van der Waals surface area contributed by atoms with Gasteiger partial charge >= 0.3 is 0 Å². The number of thioether (sulfide) groups is 1. The summed E-state index contributed by atoms with van der Waals surface area (Å²) < 4.78 is 2.00. The van der Waals surface area contributed by atoms with Crippen molar-refractivity contribution < 1.29 is 4.79 Å². The summed E-state index contributed by atoms with van der Waals surface area (Å²) >= 11 is 3.10. The van der Waals surface area contributed by atoms with E-state index in [2.05, 4.69) is 40.5 Å². The van der Waals surface area contributed by atoms with Gasteiger partial charge in [-0.2, -0.15) is 0 Å². The second kappa shape index (κ2) is 9.01. The summed E-state index contributed by atoms with van der Waals surface area (Å²) in [5, 5.41) is 14.4. The molecule has 0 spiro atoms. The molecule has 27 heavy (non-hydrogen) atoms. The lowest BCUT2D eigenvalue weighted by molar-refractivity contribution is -0.113. The molecule has 0 radical (unpaired) electrons. The number of carbonyl (C=O) groups excluding carboxylic acids is 1.